The van der Waals surface area contributed by atoms with Crippen LogP contribution >= 0.6 is 0 Å². The average molecular weight is 678 g/mol. The number of allylic oxidation sites excluding steroid dienone is 3. The van der Waals surface area contributed by atoms with Gasteiger partial charge in [0.25, 0.3) is 0 Å². The first-order valence-electron chi connectivity index (χ1n) is 21.1. The van der Waals surface area contributed by atoms with Gasteiger partial charge in [-0.3, -0.25) is 4.79 Å². The van der Waals surface area contributed by atoms with Gasteiger partial charge in [0.1, 0.15) is 0 Å². The molecule has 0 heterocycles. The molecule has 1 amide bonds. The molecule has 284 valence electrons. The zero-order chi connectivity index (χ0) is 35.2. The lowest BCUT2D eigenvalue weighted by Crippen LogP contribution is -2.45. The van der Waals surface area contributed by atoms with Crippen LogP contribution < -0.4 is 5.32 Å². The van der Waals surface area contributed by atoms with Crippen LogP contribution in [-0.2, 0) is 4.79 Å². The first-order valence-corrected chi connectivity index (χ1v) is 21.1. The molecule has 4 N–H and O–H groups in total. The minimum atomic E-state index is -0.947. The average Bonchev–Trinajstić information content (AvgIpc) is 3.08. The molecule has 0 aromatic heterocycles. The summed E-state index contributed by atoms with van der Waals surface area (Å²) in [4.78, 5) is 12.4. The predicted molar refractivity (Wildman–Crippen MR) is 208 cm³/mol. The fraction of sp³-hybridized carbons (Fsp3) is 0.884. The van der Waals surface area contributed by atoms with Gasteiger partial charge in [-0.15, -0.1) is 0 Å². The van der Waals surface area contributed by atoms with Gasteiger partial charge in [-0.25, -0.2) is 0 Å². The molecule has 5 nitrogen and oxygen atoms in total. The smallest absolute Gasteiger partial charge is 0.222 e. The first-order chi connectivity index (χ1) is 23.5. The van der Waals surface area contributed by atoms with Crippen LogP contribution in [0.25, 0.3) is 0 Å². The Balaban J connectivity index is 3.66. The Bertz CT molecular complexity index is 709. The van der Waals surface area contributed by atoms with E-state index in [0.717, 1.165) is 32.1 Å². The summed E-state index contributed by atoms with van der Waals surface area (Å²) in [5.74, 6) is -0.324. The lowest BCUT2D eigenvalue weighted by molar-refractivity contribution is -0.124. The summed E-state index contributed by atoms with van der Waals surface area (Å²) in [6.45, 7) is 4.19. The predicted octanol–water partition coefficient (Wildman–Crippen LogP) is 11.8. The zero-order valence-electron chi connectivity index (χ0n) is 32.1. The third kappa shape index (κ3) is 34.7. The summed E-state index contributed by atoms with van der Waals surface area (Å²) in [7, 11) is 0. The molecule has 0 aliphatic heterocycles. The van der Waals surface area contributed by atoms with Gasteiger partial charge in [-0.2, -0.15) is 0 Å². The van der Waals surface area contributed by atoms with Crippen LogP contribution in [0.2, 0.25) is 0 Å². The summed E-state index contributed by atoms with van der Waals surface area (Å²) in [5, 5.41) is 33.1. The lowest BCUT2D eigenvalue weighted by atomic mass is 10.0. The number of unbranched alkanes of at least 4 members (excludes halogenated alkanes) is 27. The Labute approximate surface area is 299 Å². The third-order valence-corrected chi connectivity index (χ3v) is 9.74. The van der Waals surface area contributed by atoms with E-state index >= 15 is 0 Å². The Morgan fingerprint density at radius 3 is 1.33 bits per heavy atom. The number of hydrogen-bond acceptors (Lipinski definition) is 4. The van der Waals surface area contributed by atoms with Crippen molar-refractivity contribution in [2.75, 3.05) is 6.61 Å². The van der Waals surface area contributed by atoms with Gasteiger partial charge in [0, 0.05) is 0 Å². The van der Waals surface area contributed by atoms with E-state index in [4.69, 9.17) is 0 Å². The molecule has 0 saturated carbocycles. The molecule has 0 radical (unpaired) electrons. The van der Waals surface area contributed by atoms with E-state index in [1.165, 1.54) is 161 Å². The van der Waals surface area contributed by atoms with Crippen LogP contribution in [-0.4, -0.2) is 46.1 Å². The Morgan fingerprint density at radius 2 is 0.896 bits per heavy atom. The fourth-order valence-electron chi connectivity index (χ4n) is 6.47. The van der Waals surface area contributed by atoms with Crippen molar-refractivity contribution < 1.29 is 20.1 Å². The second-order valence-electron chi connectivity index (χ2n) is 14.6. The Hall–Kier alpha value is -1.17. The second kappa shape index (κ2) is 38.6. The van der Waals surface area contributed by atoms with Crippen molar-refractivity contribution in [3.8, 4) is 0 Å². The molecule has 3 unspecified atom stereocenters. The van der Waals surface area contributed by atoms with Crippen molar-refractivity contribution in [2.45, 2.75) is 238 Å². The van der Waals surface area contributed by atoms with Crippen LogP contribution in [0.5, 0.6) is 0 Å². The van der Waals surface area contributed by atoms with E-state index in [2.05, 4.69) is 31.3 Å². The number of hydrogen-bond donors (Lipinski definition) is 4. The highest BCUT2D eigenvalue weighted by atomic mass is 16.3. The van der Waals surface area contributed by atoms with E-state index in [1.54, 1.807) is 6.08 Å². The summed E-state index contributed by atoms with van der Waals surface area (Å²) >= 11 is 0. The van der Waals surface area contributed by atoms with E-state index in [9.17, 15) is 20.1 Å². The largest absolute Gasteiger partial charge is 0.394 e. The summed E-state index contributed by atoms with van der Waals surface area (Å²) in [6, 6.07) is -0.756. The van der Waals surface area contributed by atoms with Crippen LogP contribution in [0.4, 0.5) is 0 Å². The number of amides is 1. The maximum Gasteiger partial charge on any atom is 0.222 e. The van der Waals surface area contributed by atoms with Gasteiger partial charge in [-0.05, 0) is 32.1 Å². The van der Waals surface area contributed by atoms with E-state index in [1.807, 2.05) is 6.08 Å². The molecule has 0 saturated heterocycles. The molecule has 5 heteroatoms. The van der Waals surface area contributed by atoms with Gasteiger partial charge in [0.2, 0.25) is 5.91 Å². The van der Waals surface area contributed by atoms with Crippen molar-refractivity contribution in [1.82, 2.24) is 5.32 Å². The molecule has 48 heavy (non-hydrogen) atoms. The Kier molecular flexibility index (Phi) is 37.7. The molecule has 0 aromatic rings. The summed E-state index contributed by atoms with van der Waals surface area (Å²) in [6.07, 6.45) is 46.0. The minimum absolute atomic E-state index is 0.00952. The van der Waals surface area contributed by atoms with Gasteiger partial charge in [0.05, 0.1) is 31.3 Å². The monoisotopic (exact) mass is 678 g/mol. The standard InChI is InChI=1S/C43H83NO4/c1-3-5-7-9-11-13-15-17-18-19-20-21-22-23-25-26-28-30-32-34-36-40(46)38-43(48)44-41(39-45)42(47)37-35-33-31-29-27-24-16-14-12-10-8-6-4-2/h27,29,35,37,40-42,45-47H,3-26,28,30-34,36,38-39H2,1-2H3,(H,44,48)/b29-27+,37-35+. The van der Waals surface area contributed by atoms with Gasteiger partial charge < -0.3 is 20.6 Å². The van der Waals surface area contributed by atoms with Crippen LogP contribution in [0.15, 0.2) is 24.3 Å². The quantitative estimate of drug-likeness (QED) is 0.0387. The van der Waals surface area contributed by atoms with Crippen molar-refractivity contribution >= 4 is 5.91 Å². The summed E-state index contributed by atoms with van der Waals surface area (Å²) < 4.78 is 0. The van der Waals surface area contributed by atoms with Crippen molar-refractivity contribution in [3.05, 3.63) is 24.3 Å². The molecule has 0 rings (SSSR count). The number of carbonyl (C=O) groups excluding carboxylic acids is 1. The highest BCUT2D eigenvalue weighted by Crippen LogP contribution is 2.16. The number of carbonyl (C=O) groups is 1. The molecule has 0 bridgehead atoms. The normalized spacial score (nSPS) is 13.9. The minimum Gasteiger partial charge on any atom is -0.394 e. The molecular formula is C43H83NO4. The zero-order valence-corrected chi connectivity index (χ0v) is 32.1. The van der Waals surface area contributed by atoms with Crippen LogP contribution in [0.1, 0.15) is 219 Å². The van der Waals surface area contributed by atoms with E-state index < -0.39 is 18.2 Å². The maximum absolute atomic E-state index is 12.4. The van der Waals surface area contributed by atoms with Gasteiger partial charge in [-0.1, -0.05) is 205 Å². The summed E-state index contributed by atoms with van der Waals surface area (Å²) in [5.41, 5.74) is 0. The fourth-order valence-corrected chi connectivity index (χ4v) is 6.47. The maximum atomic E-state index is 12.4. The number of aliphatic hydroxyl groups excluding tert-OH is 3. The molecule has 0 fully saturated rings. The highest BCUT2D eigenvalue weighted by Gasteiger charge is 2.20. The molecule has 0 aliphatic carbocycles. The van der Waals surface area contributed by atoms with Gasteiger partial charge >= 0.3 is 0 Å². The third-order valence-electron chi connectivity index (χ3n) is 9.74. The SMILES string of the molecule is CCCCCCCCC/C=C/CC/C=C/C(O)C(CO)NC(=O)CC(O)CCCCCCCCCCCCCCCCCCCCCC. The molecule has 0 aliphatic rings. The van der Waals surface area contributed by atoms with E-state index in [-0.39, 0.29) is 18.9 Å². The molecular weight excluding hydrogens is 594 g/mol. The molecule has 3 atom stereocenters. The van der Waals surface area contributed by atoms with Gasteiger partial charge in [0.15, 0.2) is 0 Å². The first kappa shape index (κ1) is 46.8. The lowest BCUT2D eigenvalue weighted by Gasteiger charge is -2.21. The number of rotatable bonds is 38. The van der Waals surface area contributed by atoms with Crippen LogP contribution in [0.3, 0.4) is 0 Å². The Morgan fingerprint density at radius 1 is 0.521 bits per heavy atom. The second-order valence-corrected chi connectivity index (χ2v) is 14.6. The molecule has 0 spiro atoms. The van der Waals surface area contributed by atoms with Crippen molar-refractivity contribution in [2.24, 2.45) is 0 Å². The van der Waals surface area contributed by atoms with Crippen molar-refractivity contribution in [3.63, 3.8) is 0 Å². The highest BCUT2D eigenvalue weighted by molar-refractivity contribution is 5.76. The van der Waals surface area contributed by atoms with E-state index in [0.29, 0.717) is 6.42 Å². The molecule has 0 aromatic carbocycles. The number of nitrogens with one attached hydrogen (secondary N) is 1. The van der Waals surface area contributed by atoms with Crippen molar-refractivity contribution in [1.29, 1.82) is 0 Å². The number of aliphatic hydroxyl groups is 3. The van der Waals surface area contributed by atoms with Crippen LogP contribution in [0, 0.1) is 0 Å². The topological polar surface area (TPSA) is 89.8 Å².